The van der Waals surface area contributed by atoms with Gasteiger partial charge in [0.1, 0.15) is 5.52 Å². The molecule has 1 aliphatic heterocycles. The summed E-state index contributed by atoms with van der Waals surface area (Å²) in [6.45, 7) is 5.66. The number of ether oxygens (including phenoxy) is 1. The van der Waals surface area contributed by atoms with Crippen molar-refractivity contribution in [1.29, 1.82) is 0 Å². The number of nitrogen functional groups attached to an aromatic ring is 1. The molecule has 20 heavy (non-hydrogen) atoms. The van der Waals surface area contributed by atoms with Crippen molar-refractivity contribution in [3.05, 3.63) is 24.1 Å². The molecule has 1 fully saturated rings. The van der Waals surface area contributed by atoms with Crippen molar-refractivity contribution in [2.75, 3.05) is 25.4 Å². The predicted molar refractivity (Wildman–Crippen MR) is 78.3 cm³/mol. The van der Waals surface area contributed by atoms with Crippen LogP contribution in [0.3, 0.4) is 0 Å². The minimum absolute atomic E-state index is 0.356. The molecule has 108 valence electrons. The highest BCUT2D eigenvalue weighted by Gasteiger charge is 2.19. The third-order valence-corrected chi connectivity index (χ3v) is 3.75. The topological polar surface area (TPSA) is 64.5 Å². The molecule has 1 saturated heterocycles. The number of benzene rings is 1. The lowest BCUT2D eigenvalue weighted by atomic mass is 10.2. The van der Waals surface area contributed by atoms with Gasteiger partial charge in [-0.15, -0.1) is 0 Å². The SMILES string of the molecule is CCN(Cc1nc2ccc(N)cc2o1)CC1CCCO1. The molecule has 1 aromatic carbocycles. The Morgan fingerprint density at radius 1 is 1.45 bits per heavy atom. The van der Waals surface area contributed by atoms with E-state index in [0.717, 1.165) is 43.1 Å². The fourth-order valence-electron chi connectivity index (χ4n) is 2.63. The molecule has 1 aromatic heterocycles. The number of hydrogen-bond donors (Lipinski definition) is 1. The zero-order valence-electron chi connectivity index (χ0n) is 11.8. The smallest absolute Gasteiger partial charge is 0.209 e. The molecule has 1 aliphatic rings. The first-order valence-electron chi connectivity index (χ1n) is 7.23. The van der Waals surface area contributed by atoms with Crippen LogP contribution in [0.25, 0.3) is 11.1 Å². The Morgan fingerprint density at radius 3 is 3.10 bits per heavy atom. The summed E-state index contributed by atoms with van der Waals surface area (Å²) in [5.74, 6) is 0.741. The van der Waals surface area contributed by atoms with Gasteiger partial charge in [0, 0.05) is 24.9 Å². The molecule has 0 spiro atoms. The number of nitrogens with two attached hydrogens (primary N) is 1. The number of aromatic nitrogens is 1. The summed E-state index contributed by atoms with van der Waals surface area (Å²) >= 11 is 0. The van der Waals surface area contributed by atoms with Crippen molar-refractivity contribution in [2.24, 2.45) is 0 Å². The Bertz CT molecular complexity index is 576. The van der Waals surface area contributed by atoms with Crippen LogP contribution in [0.5, 0.6) is 0 Å². The Kier molecular flexibility index (Phi) is 3.89. The van der Waals surface area contributed by atoms with Crippen molar-refractivity contribution in [2.45, 2.75) is 32.4 Å². The molecule has 3 rings (SSSR count). The lowest BCUT2D eigenvalue weighted by molar-refractivity contribution is 0.0699. The largest absolute Gasteiger partial charge is 0.439 e. The van der Waals surface area contributed by atoms with Crippen LogP contribution in [0.15, 0.2) is 22.6 Å². The summed E-state index contributed by atoms with van der Waals surface area (Å²) < 4.78 is 11.5. The van der Waals surface area contributed by atoms with Crippen LogP contribution >= 0.6 is 0 Å². The zero-order chi connectivity index (χ0) is 13.9. The highest BCUT2D eigenvalue weighted by molar-refractivity contribution is 5.76. The molecule has 5 nitrogen and oxygen atoms in total. The summed E-state index contributed by atoms with van der Waals surface area (Å²) in [5, 5.41) is 0. The third kappa shape index (κ3) is 2.94. The molecule has 0 aliphatic carbocycles. The molecular weight excluding hydrogens is 254 g/mol. The fourth-order valence-corrected chi connectivity index (χ4v) is 2.63. The molecule has 2 N–H and O–H groups in total. The van der Waals surface area contributed by atoms with Gasteiger partial charge >= 0.3 is 0 Å². The molecule has 0 saturated carbocycles. The molecule has 1 unspecified atom stereocenters. The van der Waals surface area contributed by atoms with Gasteiger partial charge in [0.05, 0.1) is 12.6 Å². The van der Waals surface area contributed by atoms with E-state index in [1.807, 2.05) is 18.2 Å². The van der Waals surface area contributed by atoms with Crippen LogP contribution in [-0.2, 0) is 11.3 Å². The molecule has 2 aromatic rings. The summed E-state index contributed by atoms with van der Waals surface area (Å²) in [5.41, 5.74) is 8.08. The van der Waals surface area contributed by atoms with Crippen molar-refractivity contribution in [1.82, 2.24) is 9.88 Å². The number of likely N-dealkylation sites (N-methyl/N-ethyl adjacent to an activating group) is 1. The van der Waals surface area contributed by atoms with Crippen molar-refractivity contribution in [3.63, 3.8) is 0 Å². The summed E-state index contributed by atoms with van der Waals surface area (Å²) in [4.78, 5) is 6.82. The third-order valence-electron chi connectivity index (χ3n) is 3.75. The first kappa shape index (κ1) is 13.4. The molecular formula is C15H21N3O2. The van der Waals surface area contributed by atoms with Gasteiger partial charge in [-0.05, 0) is 31.5 Å². The van der Waals surface area contributed by atoms with Crippen LogP contribution in [-0.4, -0.2) is 35.7 Å². The maximum atomic E-state index is 5.77. The second-order valence-corrected chi connectivity index (χ2v) is 5.30. The number of nitrogens with zero attached hydrogens (tertiary/aromatic N) is 2. The van der Waals surface area contributed by atoms with Gasteiger partial charge < -0.3 is 14.9 Å². The standard InChI is InChI=1S/C15H21N3O2/c1-2-18(9-12-4-3-7-19-12)10-15-17-13-6-5-11(16)8-14(13)20-15/h5-6,8,12H,2-4,7,9-10,16H2,1H3. The van der Waals surface area contributed by atoms with Crippen molar-refractivity contribution >= 4 is 16.8 Å². The number of oxazole rings is 1. The van der Waals surface area contributed by atoms with E-state index >= 15 is 0 Å². The lowest BCUT2D eigenvalue weighted by Crippen LogP contribution is -2.31. The van der Waals surface area contributed by atoms with Crippen molar-refractivity contribution in [3.8, 4) is 0 Å². The summed E-state index contributed by atoms with van der Waals surface area (Å²) in [6.07, 6.45) is 2.68. The monoisotopic (exact) mass is 275 g/mol. The lowest BCUT2D eigenvalue weighted by Gasteiger charge is -2.21. The van der Waals surface area contributed by atoms with Gasteiger partial charge in [0.15, 0.2) is 5.58 Å². The van der Waals surface area contributed by atoms with Gasteiger partial charge in [-0.25, -0.2) is 4.98 Å². The Balaban J connectivity index is 1.69. The second kappa shape index (κ2) is 5.81. The predicted octanol–water partition coefficient (Wildman–Crippen LogP) is 2.41. The van der Waals surface area contributed by atoms with Crippen LogP contribution in [0.1, 0.15) is 25.7 Å². The number of hydrogen-bond acceptors (Lipinski definition) is 5. The molecule has 2 heterocycles. The van der Waals surface area contributed by atoms with E-state index in [4.69, 9.17) is 14.9 Å². The van der Waals surface area contributed by atoms with Gasteiger partial charge in [-0.3, -0.25) is 4.90 Å². The van der Waals surface area contributed by atoms with E-state index in [0.29, 0.717) is 18.3 Å². The number of anilines is 1. The van der Waals surface area contributed by atoms with Crippen LogP contribution in [0, 0.1) is 0 Å². The Morgan fingerprint density at radius 2 is 2.35 bits per heavy atom. The van der Waals surface area contributed by atoms with Gasteiger partial charge in [0.25, 0.3) is 0 Å². The van der Waals surface area contributed by atoms with Gasteiger partial charge in [-0.1, -0.05) is 6.92 Å². The summed E-state index contributed by atoms with van der Waals surface area (Å²) in [6, 6.07) is 5.56. The van der Waals surface area contributed by atoms with E-state index in [2.05, 4.69) is 16.8 Å². The maximum absolute atomic E-state index is 5.77. The van der Waals surface area contributed by atoms with E-state index < -0.39 is 0 Å². The fraction of sp³-hybridized carbons (Fsp3) is 0.533. The van der Waals surface area contributed by atoms with Crippen LogP contribution in [0.4, 0.5) is 5.69 Å². The Labute approximate surface area is 118 Å². The number of fused-ring (bicyclic) bond motifs is 1. The van der Waals surface area contributed by atoms with Crippen LogP contribution < -0.4 is 5.73 Å². The normalized spacial score (nSPS) is 19.2. The first-order valence-corrected chi connectivity index (χ1v) is 7.23. The average molecular weight is 275 g/mol. The van der Waals surface area contributed by atoms with E-state index in [9.17, 15) is 0 Å². The number of rotatable bonds is 5. The highest BCUT2D eigenvalue weighted by atomic mass is 16.5. The minimum atomic E-state index is 0.356. The molecule has 5 heteroatoms. The van der Waals surface area contributed by atoms with Crippen molar-refractivity contribution < 1.29 is 9.15 Å². The van der Waals surface area contributed by atoms with Gasteiger partial charge in [-0.2, -0.15) is 0 Å². The first-order chi connectivity index (χ1) is 9.74. The minimum Gasteiger partial charge on any atom is -0.439 e. The van der Waals surface area contributed by atoms with E-state index in [1.165, 1.54) is 6.42 Å². The highest BCUT2D eigenvalue weighted by Crippen LogP contribution is 2.20. The van der Waals surface area contributed by atoms with E-state index in [-0.39, 0.29) is 0 Å². The molecule has 1 atom stereocenters. The van der Waals surface area contributed by atoms with Gasteiger partial charge in [0.2, 0.25) is 5.89 Å². The quantitative estimate of drug-likeness (QED) is 0.849. The van der Waals surface area contributed by atoms with E-state index in [1.54, 1.807) is 0 Å². The molecule has 0 amide bonds. The summed E-state index contributed by atoms with van der Waals surface area (Å²) in [7, 11) is 0. The molecule has 0 bridgehead atoms. The maximum Gasteiger partial charge on any atom is 0.209 e. The second-order valence-electron chi connectivity index (χ2n) is 5.30. The zero-order valence-corrected chi connectivity index (χ0v) is 11.8. The average Bonchev–Trinajstić information content (AvgIpc) is 3.06. The Hall–Kier alpha value is -1.59. The van der Waals surface area contributed by atoms with Crippen LogP contribution in [0.2, 0.25) is 0 Å². The molecule has 0 radical (unpaired) electrons.